The maximum absolute atomic E-state index is 12.3. The Morgan fingerprint density at radius 3 is 2.82 bits per heavy atom. The third-order valence-electron chi connectivity index (χ3n) is 4.67. The first-order valence-electron chi connectivity index (χ1n) is 9.42. The maximum atomic E-state index is 12.3. The summed E-state index contributed by atoms with van der Waals surface area (Å²) in [5, 5.41) is 0. The molecule has 150 valence electrons. The van der Waals surface area contributed by atoms with Crippen molar-refractivity contribution >= 4 is 6.09 Å². The van der Waals surface area contributed by atoms with Crippen molar-refractivity contribution in [2.75, 3.05) is 27.3 Å². The molecule has 6 heteroatoms. The smallest absolute Gasteiger partial charge is 0.410 e. The largest absolute Gasteiger partial charge is 0.481 e. The topological polar surface area (TPSA) is 60.9 Å². The average molecular weight is 384 g/mol. The summed E-state index contributed by atoms with van der Waals surface area (Å²) < 4.78 is 16.6. The second kappa shape index (κ2) is 8.19. The molecule has 1 aliphatic heterocycles. The van der Waals surface area contributed by atoms with Gasteiger partial charge in [0, 0.05) is 31.8 Å². The highest BCUT2D eigenvalue weighted by Crippen LogP contribution is 2.35. The summed E-state index contributed by atoms with van der Waals surface area (Å²) in [6.07, 6.45) is 1.42. The van der Waals surface area contributed by atoms with E-state index in [0.717, 1.165) is 16.7 Å². The van der Waals surface area contributed by atoms with E-state index in [1.165, 1.54) is 5.56 Å². The van der Waals surface area contributed by atoms with E-state index >= 15 is 0 Å². The Morgan fingerprint density at radius 1 is 1.32 bits per heavy atom. The van der Waals surface area contributed by atoms with Gasteiger partial charge in [0.15, 0.2) is 0 Å². The number of hydrogen-bond donors (Lipinski definition) is 0. The van der Waals surface area contributed by atoms with Crippen molar-refractivity contribution < 1.29 is 19.0 Å². The van der Waals surface area contributed by atoms with Crippen molar-refractivity contribution in [1.82, 2.24) is 9.88 Å². The molecule has 3 rings (SSSR count). The van der Waals surface area contributed by atoms with Crippen LogP contribution in [-0.2, 0) is 16.1 Å². The number of aromatic nitrogens is 1. The second-order valence-electron chi connectivity index (χ2n) is 8.03. The van der Waals surface area contributed by atoms with E-state index in [1.807, 2.05) is 39.0 Å². The minimum atomic E-state index is -0.514. The summed E-state index contributed by atoms with van der Waals surface area (Å²) >= 11 is 0. The van der Waals surface area contributed by atoms with Gasteiger partial charge >= 0.3 is 6.09 Å². The van der Waals surface area contributed by atoms with Gasteiger partial charge in [0.25, 0.3) is 0 Å². The van der Waals surface area contributed by atoms with Gasteiger partial charge in [-0.2, -0.15) is 0 Å². The van der Waals surface area contributed by atoms with E-state index in [9.17, 15) is 4.79 Å². The highest BCUT2D eigenvalue weighted by atomic mass is 16.6. The maximum Gasteiger partial charge on any atom is 0.410 e. The lowest BCUT2D eigenvalue weighted by Gasteiger charge is -2.31. The molecule has 1 aromatic carbocycles. The number of ether oxygens (including phenoxy) is 3. The fraction of sp³-hybridized carbons (Fsp3) is 0.455. The number of carbonyl (C=O) groups excluding carboxylic acids is 1. The van der Waals surface area contributed by atoms with Crippen molar-refractivity contribution in [1.29, 1.82) is 0 Å². The zero-order valence-electron chi connectivity index (χ0n) is 17.2. The van der Waals surface area contributed by atoms with Gasteiger partial charge in [-0.3, -0.25) is 0 Å². The third-order valence-corrected chi connectivity index (χ3v) is 4.67. The average Bonchev–Trinajstić information content (AvgIpc) is 2.66. The number of fused-ring (bicyclic) bond motifs is 1. The summed E-state index contributed by atoms with van der Waals surface area (Å²) in [7, 11) is 3.37. The van der Waals surface area contributed by atoms with E-state index in [-0.39, 0.29) is 12.0 Å². The molecule has 0 N–H and O–H groups in total. The van der Waals surface area contributed by atoms with Crippen LogP contribution in [0, 0.1) is 0 Å². The predicted molar refractivity (Wildman–Crippen MR) is 107 cm³/mol. The standard InChI is InChI=1S/C22H28N2O4/c1-22(2,3)28-21(25)24(4)12-16-13-27-14-19-17(7-6-8-18(16)19)15-9-10-23-20(11-15)26-5/h6-11,16H,12-14H2,1-5H3. The molecule has 1 aliphatic rings. The summed E-state index contributed by atoms with van der Waals surface area (Å²) in [4.78, 5) is 18.2. The number of pyridine rings is 1. The minimum absolute atomic E-state index is 0.0879. The van der Waals surface area contributed by atoms with Crippen LogP contribution in [0.15, 0.2) is 36.5 Å². The van der Waals surface area contributed by atoms with Crippen LogP contribution in [-0.4, -0.2) is 48.9 Å². The summed E-state index contributed by atoms with van der Waals surface area (Å²) in [5.41, 5.74) is 3.97. The van der Waals surface area contributed by atoms with Gasteiger partial charge in [0.05, 0.1) is 20.3 Å². The zero-order valence-corrected chi connectivity index (χ0v) is 17.2. The first-order chi connectivity index (χ1) is 13.3. The normalized spacial score (nSPS) is 16.2. The van der Waals surface area contributed by atoms with Crippen LogP contribution >= 0.6 is 0 Å². The predicted octanol–water partition coefficient (Wildman–Crippen LogP) is 4.24. The number of rotatable bonds is 4. The Kier molecular flexibility index (Phi) is 5.89. The summed E-state index contributed by atoms with van der Waals surface area (Å²) in [6.45, 7) is 7.25. The molecule has 0 saturated heterocycles. The van der Waals surface area contributed by atoms with Crippen LogP contribution in [0.1, 0.15) is 37.8 Å². The molecule has 6 nitrogen and oxygen atoms in total. The van der Waals surface area contributed by atoms with Crippen LogP contribution in [0.3, 0.4) is 0 Å². The molecule has 0 fully saturated rings. The molecule has 0 aliphatic carbocycles. The summed E-state index contributed by atoms with van der Waals surface area (Å²) in [6, 6.07) is 10.1. The first kappa shape index (κ1) is 20.1. The molecule has 2 aromatic rings. The molecule has 0 radical (unpaired) electrons. The van der Waals surface area contributed by atoms with Gasteiger partial charge in [-0.1, -0.05) is 18.2 Å². The van der Waals surface area contributed by atoms with Crippen LogP contribution in [0.5, 0.6) is 5.88 Å². The fourth-order valence-corrected chi connectivity index (χ4v) is 3.40. The summed E-state index contributed by atoms with van der Waals surface area (Å²) in [5.74, 6) is 0.665. The van der Waals surface area contributed by atoms with E-state index in [2.05, 4.69) is 17.1 Å². The third kappa shape index (κ3) is 4.62. The quantitative estimate of drug-likeness (QED) is 0.789. The van der Waals surface area contributed by atoms with Crippen molar-refractivity contribution in [3.05, 3.63) is 47.7 Å². The van der Waals surface area contributed by atoms with E-state index in [4.69, 9.17) is 14.2 Å². The van der Waals surface area contributed by atoms with Crippen molar-refractivity contribution in [2.45, 2.75) is 38.9 Å². The second-order valence-corrected chi connectivity index (χ2v) is 8.03. The monoisotopic (exact) mass is 384 g/mol. The van der Waals surface area contributed by atoms with Gasteiger partial charge in [-0.05, 0) is 49.1 Å². The van der Waals surface area contributed by atoms with Crippen LogP contribution in [0.2, 0.25) is 0 Å². The Balaban J connectivity index is 1.85. The Hall–Kier alpha value is -2.60. The Labute approximate surface area is 166 Å². The van der Waals surface area contributed by atoms with Gasteiger partial charge in [0.2, 0.25) is 5.88 Å². The molecule has 1 unspecified atom stereocenters. The van der Waals surface area contributed by atoms with Crippen LogP contribution < -0.4 is 4.74 Å². The fourth-order valence-electron chi connectivity index (χ4n) is 3.40. The molecule has 1 atom stereocenters. The first-order valence-corrected chi connectivity index (χ1v) is 9.42. The minimum Gasteiger partial charge on any atom is -0.481 e. The number of amides is 1. The van der Waals surface area contributed by atoms with Crippen molar-refractivity contribution in [2.24, 2.45) is 0 Å². The van der Waals surface area contributed by atoms with Crippen LogP contribution in [0.25, 0.3) is 11.1 Å². The van der Waals surface area contributed by atoms with Crippen molar-refractivity contribution in [3.8, 4) is 17.0 Å². The number of likely N-dealkylation sites (N-methyl/N-ethyl adjacent to an activating group) is 1. The molecule has 2 heterocycles. The lowest BCUT2D eigenvalue weighted by molar-refractivity contribution is 0.0240. The molecule has 0 saturated carbocycles. The number of nitrogens with zero attached hydrogens (tertiary/aromatic N) is 2. The highest BCUT2D eigenvalue weighted by Gasteiger charge is 2.27. The molecule has 0 bridgehead atoms. The highest BCUT2D eigenvalue weighted by molar-refractivity contribution is 5.70. The van der Waals surface area contributed by atoms with E-state index < -0.39 is 5.60 Å². The Bertz CT molecular complexity index is 845. The molecule has 0 spiro atoms. The van der Waals surface area contributed by atoms with E-state index in [0.29, 0.717) is 25.6 Å². The molecule has 1 amide bonds. The van der Waals surface area contributed by atoms with Gasteiger partial charge in [0.1, 0.15) is 5.60 Å². The van der Waals surface area contributed by atoms with Gasteiger partial charge in [-0.25, -0.2) is 9.78 Å². The number of carbonyl (C=O) groups is 1. The number of benzene rings is 1. The van der Waals surface area contributed by atoms with Crippen molar-refractivity contribution in [3.63, 3.8) is 0 Å². The molecular formula is C22H28N2O4. The molecule has 1 aromatic heterocycles. The zero-order chi connectivity index (χ0) is 20.3. The molecular weight excluding hydrogens is 356 g/mol. The van der Waals surface area contributed by atoms with Gasteiger partial charge < -0.3 is 19.1 Å². The lowest BCUT2D eigenvalue weighted by Crippen LogP contribution is -2.38. The molecule has 28 heavy (non-hydrogen) atoms. The SMILES string of the molecule is COc1cc(-c2cccc3c2COCC3CN(C)C(=O)OC(C)(C)C)ccn1. The lowest BCUT2D eigenvalue weighted by atomic mass is 9.87. The van der Waals surface area contributed by atoms with Gasteiger partial charge in [-0.15, -0.1) is 0 Å². The Morgan fingerprint density at radius 2 is 2.11 bits per heavy atom. The number of methoxy groups -OCH3 is 1. The number of hydrogen-bond acceptors (Lipinski definition) is 5. The van der Waals surface area contributed by atoms with Crippen LogP contribution in [0.4, 0.5) is 4.79 Å². The van der Waals surface area contributed by atoms with E-state index in [1.54, 1.807) is 25.3 Å².